The van der Waals surface area contributed by atoms with Gasteiger partial charge in [-0.2, -0.15) is 0 Å². The third-order valence-electron chi connectivity index (χ3n) is 5.31. The van der Waals surface area contributed by atoms with Gasteiger partial charge < -0.3 is 10.6 Å². The van der Waals surface area contributed by atoms with E-state index in [0.29, 0.717) is 0 Å². The molecule has 2 N–H and O–H groups in total. The van der Waals surface area contributed by atoms with Gasteiger partial charge in [0.2, 0.25) is 5.91 Å². The van der Waals surface area contributed by atoms with Crippen LogP contribution in [0.4, 0.5) is 5.69 Å². The van der Waals surface area contributed by atoms with Gasteiger partial charge in [-0.25, -0.2) is 0 Å². The maximum atomic E-state index is 12.8. The van der Waals surface area contributed by atoms with Crippen LogP contribution >= 0.6 is 0 Å². The summed E-state index contributed by atoms with van der Waals surface area (Å²) in [4.78, 5) is 17.1. The van der Waals surface area contributed by atoms with Crippen LogP contribution in [0, 0.1) is 12.3 Å². The highest BCUT2D eigenvalue weighted by Crippen LogP contribution is 2.32. The number of anilines is 1. The SMILES string of the molecule is Cc1ccc(N2CCC(N3CCC(N)C(C)(C)C3)C2=O)cc1. The van der Waals surface area contributed by atoms with Gasteiger partial charge in [-0.15, -0.1) is 0 Å². The number of amides is 1. The molecule has 22 heavy (non-hydrogen) atoms. The zero-order chi connectivity index (χ0) is 15.9. The predicted octanol–water partition coefficient (Wildman–Crippen LogP) is 2.16. The molecule has 2 saturated heterocycles. The monoisotopic (exact) mass is 301 g/mol. The molecule has 0 bridgehead atoms. The van der Waals surface area contributed by atoms with E-state index >= 15 is 0 Å². The van der Waals surface area contributed by atoms with Crippen LogP contribution in [0.25, 0.3) is 0 Å². The number of likely N-dealkylation sites (tertiary alicyclic amines) is 1. The molecule has 0 saturated carbocycles. The van der Waals surface area contributed by atoms with Crippen LogP contribution in [0.1, 0.15) is 32.3 Å². The third-order valence-corrected chi connectivity index (χ3v) is 5.31. The smallest absolute Gasteiger partial charge is 0.244 e. The van der Waals surface area contributed by atoms with Gasteiger partial charge in [0.15, 0.2) is 0 Å². The fourth-order valence-electron chi connectivity index (χ4n) is 3.67. The number of nitrogens with zero attached hydrogens (tertiary/aromatic N) is 2. The van der Waals surface area contributed by atoms with Crippen LogP contribution in [0.5, 0.6) is 0 Å². The van der Waals surface area contributed by atoms with E-state index in [1.807, 2.05) is 17.0 Å². The van der Waals surface area contributed by atoms with Gasteiger partial charge in [0.1, 0.15) is 0 Å². The number of hydrogen-bond acceptors (Lipinski definition) is 3. The Morgan fingerprint density at radius 2 is 1.82 bits per heavy atom. The molecule has 0 aliphatic carbocycles. The Bertz CT molecular complexity index is 552. The maximum absolute atomic E-state index is 12.8. The fraction of sp³-hybridized carbons (Fsp3) is 0.611. The first-order valence-corrected chi connectivity index (χ1v) is 8.26. The first-order valence-electron chi connectivity index (χ1n) is 8.26. The minimum absolute atomic E-state index is 0.0214. The van der Waals surface area contributed by atoms with Crippen molar-refractivity contribution >= 4 is 11.6 Å². The molecular weight excluding hydrogens is 274 g/mol. The number of hydrogen-bond donors (Lipinski definition) is 1. The molecule has 120 valence electrons. The fourth-order valence-corrected chi connectivity index (χ4v) is 3.67. The molecule has 4 nitrogen and oxygen atoms in total. The predicted molar refractivity (Wildman–Crippen MR) is 89.9 cm³/mol. The molecule has 2 heterocycles. The molecule has 0 spiro atoms. The first kappa shape index (κ1) is 15.5. The zero-order valence-corrected chi connectivity index (χ0v) is 13.9. The van der Waals surface area contributed by atoms with E-state index < -0.39 is 0 Å². The second kappa shape index (κ2) is 5.67. The van der Waals surface area contributed by atoms with Crippen molar-refractivity contribution in [1.82, 2.24) is 4.90 Å². The van der Waals surface area contributed by atoms with E-state index in [1.54, 1.807) is 0 Å². The van der Waals surface area contributed by atoms with Crippen molar-refractivity contribution in [2.24, 2.45) is 11.1 Å². The number of aryl methyl sites for hydroxylation is 1. The number of carbonyl (C=O) groups is 1. The molecule has 1 aromatic carbocycles. The van der Waals surface area contributed by atoms with Crippen molar-refractivity contribution < 1.29 is 4.79 Å². The van der Waals surface area contributed by atoms with E-state index in [-0.39, 0.29) is 23.4 Å². The van der Waals surface area contributed by atoms with Crippen molar-refractivity contribution in [3.63, 3.8) is 0 Å². The topological polar surface area (TPSA) is 49.6 Å². The van der Waals surface area contributed by atoms with Crippen molar-refractivity contribution in [3.8, 4) is 0 Å². The van der Waals surface area contributed by atoms with Crippen LogP contribution < -0.4 is 10.6 Å². The Morgan fingerprint density at radius 1 is 1.14 bits per heavy atom. The summed E-state index contributed by atoms with van der Waals surface area (Å²) < 4.78 is 0. The molecule has 2 fully saturated rings. The molecule has 1 amide bonds. The second-order valence-electron chi connectivity index (χ2n) is 7.48. The molecule has 0 radical (unpaired) electrons. The number of carbonyl (C=O) groups excluding carboxylic acids is 1. The number of rotatable bonds is 2. The average molecular weight is 301 g/mol. The summed E-state index contributed by atoms with van der Waals surface area (Å²) in [5.74, 6) is 0.245. The summed E-state index contributed by atoms with van der Waals surface area (Å²) >= 11 is 0. The molecule has 3 rings (SSSR count). The molecule has 2 atom stereocenters. The highest BCUT2D eigenvalue weighted by atomic mass is 16.2. The third kappa shape index (κ3) is 2.77. The van der Waals surface area contributed by atoms with Gasteiger partial charge in [-0.3, -0.25) is 9.69 Å². The number of nitrogens with two attached hydrogens (primary N) is 1. The molecule has 4 heteroatoms. The lowest BCUT2D eigenvalue weighted by Gasteiger charge is -2.44. The molecule has 2 unspecified atom stereocenters. The average Bonchev–Trinajstić information content (AvgIpc) is 2.85. The van der Waals surface area contributed by atoms with Gasteiger partial charge >= 0.3 is 0 Å². The largest absolute Gasteiger partial charge is 0.327 e. The zero-order valence-electron chi connectivity index (χ0n) is 13.9. The molecule has 1 aromatic rings. The van der Waals surface area contributed by atoms with Gasteiger partial charge in [0.25, 0.3) is 0 Å². The van der Waals surface area contributed by atoms with Gasteiger partial charge in [0.05, 0.1) is 6.04 Å². The van der Waals surface area contributed by atoms with E-state index in [9.17, 15) is 4.79 Å². The molecule has 2 aliphatic rings. The van der Waals surface area contributed by atoms with Crippen molar-refractivity contribution in [3.05, 3.63) is 29.8 Å². The van der Waals surface area contributed by atoms with E-state index in [2.05, 4.69) is 37.8 Å². The molecule has 0 aromatic heterocycles. The Balaban J connectivity index is 1.72. The molecular formula is C18H27N3O. The lowest BCUT2D eigenvalue weighted by molar-refractivity contribution is -0.122. The number of benzene rings is 1. The Hall–Kier alpha value is -1.39. The van der Waals surface area contributed by atoms with Gasteiger partial charge in [-0.1, -0.05) is 31.5 Å². The lowest BCUT2D eigenvalue weighted by Crippen LogP contribution is -2.56. The minimum Gasteiger partial charge on any atom is -0.327 e. The number of piperidine rings is 1. The van der Waals surface area contributed by atoms with Gasteiger partial charge in [0, 0.05) is 31.4 Å². The standard InChI is InChI=1S/C18H27N3O/c1-13-4-6-14(7-5-13)21-11-8-15(17(21)22)20-10-9-16(19)18(2,3)12-20/h4-7,15-16H,8-12,19H2,1-3H3. The maximum Gasteiger partial charge on any atom is 0.244 e. The Morgan fingerprint density at radius 3 is 2.45 bits per heavy atom. The summed E-state index contributed by atoms with van der Waals surface area (Å²) in [5.41, 5.74) is 8.54. The van der Waals surface area contributed by atoms with Gasteiger partial charge in [-0.05, 0) is 37.3 Å². The van der Waals surface area contributed by atoms with Crippen molar-refractivity contribution in [2.45, 2.75) is 45.7 Å². The normalized spacial score (nSPS) is 29.1. The van der Waals surface area contributed by atoms with E-state index in [0.717, 1.165) is 38.2 Å². The Labute approximate surface area is 133 Å². The quantitative estimate of drug-likeness (QED) is 0.910. The van der Waals surface area contributed by atoms with E-state index in [1.165, 1.54) is 5.56 Å². The highest BCUT2D eigenvalue weighted by Gasteiger charge is 2.42. The summed E-state index contributed by atoms with van der Waals surface area (Å²) in [6.45, 7) is 9.14. The van der Waals surface area contributed by atoms with Crippen LogP contribution in [-0.2, 0) is 4.79 Å². The second-order valence-corrected chi connectivity index (χ2v) is 7.48. The van der Waals surface area contributed by atoms with Crippen molar-refractivity contribution in [1.29, 1.82) is 0 Å². The lowest BCUT2D eigenvalue weighted by atomic mass is 9.79. The summed E-state index contributed by atoms with van der Waals surface area (Å²) in [5, 5.41) is 0. The van der Waals surface area contributed by atoms with Crippen LogP contribution in [-0.4, -0.2) is 42.5 Å². The van der Waals surface area contributed by atoms with E-state index in [4.69, 9.17) is 5.73 Å². The Kier molecular flexibility index (Phi) is 4.00. The highest BCUT2D eigenvalue weighted by molar-refractivity contribution is 5.99. The van der Waals surface area contributed by atoms with Crippen LogP contribution in [0.2, 0.25) is 0 Å². The summed E-state index contributed by atoms with van der Waals surface area (Å²) in [6, 6.07) is 8.48. The molecule has 2 aliphatic heterocycles. The summed E-state index contributed by atoms with van der Waals surface area (Å²) in [7, 11) is 0. The summed E-state index contributed by atoms with van der Waals surface area (Å²) in [6.07, 6.45) is 1.89. The first-order chi connectivity index (χ1) is 10.4. The van der Waals surface area contributed by atoms with Crippen LogP contribution in [0.3, 0.4) is 0 Å². The minimum atomic E-state index is 0.0214. The van der Waals surface area contributed by atoms with Crippen LogP contribution in [0.15, 0.2) is 24.3 Å². The van der Waals surface area contributed by atoms with Crippen molar-refractivity contribution in [2.75, 3.05) is 24.5 Å².